The summed E-state index contributed by atoms with van der Waals surface area (Å²) in [6.45, 7) is -0.176. The maximum atomic E-state index is 12.1. The second kappa shape index (κ2) is 9.48. The van der Waals surface area contributed by atoms with Crippen molar-refractivity contribution in [3.63, 3.8) is 0 Å². The van der Waals surface area contributed by atoms with Gasteiger partial charge in [-0.25, -0.2) is 0 Å². The lowest BCUT2D eigenvalue weighted by Crippen LogP contribution is -2.20. The van der Waals surface area contributed by atoms with E-state index in [0.29, 0.717) is 27.7 Å². The minimum atomic E-state index is -0.467. The van der Waals surface area contributed by atoms with Gasteiger partial charge in [-0.3, -0.25) is 19.9 Å². The Hall–Kier alpha value is -3.71. The SMILES string of the molecule is O=C(COc1ccccc1C=Nc1ccc([N+](=O)[O-])cc1)Nc1ccc(Cl)cc1. The highest BCUT2D eigenvalue weighted by molar-refractivity contribution is 6.30. The van der Waals surface area contributed by atoms with Crippen LogP contribution in [0.2, 0.25) is 5.02 Å². The normalized spacial score (nSPS) is 10.7. The fourth-order valence-electron chi connectivity index (χ4n) is 2.40. The Bertz CT molecular complexity index is 1030. The van der Waals surface area contributed by atoms with Crippen LogP contribution in [0, 0.1) is 10.1 Å². The number of nitrogens with zero attached hydrogens (tertiary/aromatic N) is 2. The first kappa shape index (κ1) is 20.0. The largest absolute Gasteiger partial charge is 0.483 e. The van der Waals surface area contributed by atoms with Crippen LogP contribution in [-0.2, 0) is 4.79 Å². The van der Waals surface area contributed by atoms with Crippen molar-refractivity contribution in [2.75, 3.05) is 11.9 Å². The van der Waals surface area contributed by atoms with E-state index in [1.807, 2.05) is 6.07 Å². The van der Waals surface area contributed by atoms with Crippen LogP contribution >= 0.6 is 11.6 Å². The van der Waals surface area contributed by atoms with Crippen molar-refractivity contribution >= 4 is 40.8 Å². The molecule has 0 radical (unpaired) electrons. The minimum absolute atomic E-state index is 0.000571. The molecule has 0 atom stereocenters. The summed E-state index contributed by atoms with van der Waals surface area (Å²) >= 11 is 5.82. The molecule has 0 aliphatic heterocycles. The van der Waals surface area contributed by atoms with E-state index < -0.39 is 4.92 Å². The number of aliphatic imine (C=N–C) groups is 1. The Morgan fingerprint density at radius 2 is 1.76 bits per heavy atom. The molecule has 0 aliphatic rings. The van der Waals surface area contributed by atoms with Crippen LogP contribution in [0.4, 0.5) is 17.1 Å². The van der Waals surface area contributed by atoms with E-state index in [1.54, 1.807) is 60.8 Å². The monoisotopic (exact) mass is 409 g/mol. The summed E-state index contributed by atoms with van der Waals surface area (Å²) < 4.78 is 5.62. The lowest BCUT2D eigenvalue weighted by atomic mass is 10.2. The number of carbonyl (C=O) groups excluding carboxylic acids is 1. The molecule has 29 heavy (non-hydrogen) atoms. The van der Waals surface area contributed by atoms with Crippen molar-refractivity contribution in [1.29, 1.82) is 0 Å². The second-order valence-electron chi connectivity index (χ2n) is 5.91. The number of para-hydroxylation sites is 1. The van der Waals surface area contributed by atoms with Gasteiger partial charge >= 0.3 is 0 Å². The van der Waals surface area contributed by atoms with Crippen LogP contribution in [0.5, 0.6) is 5.75 Å². The van der Waals surface area contributed by atoms with E-state index in [2.05, 4.69) is 10.3 Å². The first-order valence-corrected chi connectivity index (χ1v) is 8.95. The summed E-state index contributed by atoms with van der Waals surface area (Å²) in [6.07, 6.45) is 1.58. The van der Waals surface area contributed by atoms with E-state index in [9.17, 15) is 14.9 Å². The molecule has 3 aromatic rings. The maximum Gasteiger partial charge on any atom is 0.269 e. The molecular weight excluding hydrogens is 394 g/mol. The number of benzene rings is 3. The molecule has 0 saturated carbocycles. The van der Waals surface area contributed by atoms with Crippen molar-refractivity contribution in [3.05, 3.63) is 93.5 Å². The van der Waals surface area contributed by atoms with E-state index in [-0.39, 0.29) is 18.2 Å². The summed E-state index contributed by atoms with van der Waals surface area (Å²) in [4.78, 5) is 26.6. The molecule has 146 valence electrons. The fraction of sp³-hybridized carbons (Fsp3) is 0.0476. The zero-order valence-electron chi connectivity index (χ0n) is 15.1. The van der Waals surface area contributed by atoms with E-state index in [4.69, 9.17) is 16.3 Å². The standard InChI is InChI=1S/C21H16ClN3O4/c22-16-5-7-18(8-6-16)24-21(26)14-29-20-4-2-1-3-15(20)13-23-17-9-11-19(12-10-17)25(27)28/h1-13H,14H2,(H,24,26). The van der Waals surface area contributed by atoms with Crippen molar-refractivity contribution in [2.45, 2.75) is 0 Å². The molecule has 1 N–H and O–H groups in total. The Labute approximate surface area is 171 Å². The van der Waals surface area contributed by atoms with Crippen molar-refractivity contribution in [3.8, 4) is 5.75 Å². The Morgan fingerprint density at radius 3 is 2.45 bits per heavy atom. The van der Waals surface area contributed by atoms with Crippen LogP contribution in [-0.4, -0.2) is 23.7 Å². The highest BCUT2D eigenvalue weighted by Crippen LogP contribution is 2.20. The molecule has 0 aromatic heterocycles. The highest BCUT2D eigenvalue weighted by Gasteiger charge is 2.07. The molecule has 0 saturated heterocycles. The fourth-order valence-corrected chi connectivity index (χ4v) is 2.52. The summed E-state index contributed by atoms with van der Waals surface area (Å²) in [6, 6.07) is 19.8. The number of hydrogen-bond acceptors (Lipinski definition) is 5. The van der Waals surface area contributed by atoms with Crippen LogP contribution < -0.4 is 10.1 Å². The first-order valence-electron chi connectivity index (χ1n) is 8.57. The zero-order valence-corrected chi connectivity index (χ0v) is 15.9. The second-order valence-corrected chi connectivity index (χ2v) is 6.35. The van der Waals surface area contributed by atoms with Gasteiger partial charge in [0.15, 0.2) is 6.61 Å². The molecule has 1 amide bonds. The predicted molar refractivity (Wildman–Crippen MR) is 112 cm³/mol. The number of halogens is 1. The molecule has 0 heterocycles. The molecule has 0 fully saturated rings. The van der Waals surface area contributed by atoms with Gasteiger partial charge in [-0.15, -0.1) is 0 Å². The van der Waals surface area contributed by atoms with Crippen LogP contribution in [0.25, 0.3) is 0 Å². The smallest absolute Gasteiger partial charge is 0.269 e. The van der Waals surface area contributed by atoms with Crippen LogP contribution in [0.1, 0.15) is 5.56 Å². The zero-order chi connectivity index (χ0) is 20.6. The maximum absolute atomic E-state index is 12.1. The lowest BCUT2D eigenvalue weighted by molar-refractivity contribution is -0.384. The third-order valence-electron chi connectivity index (χ3n) is 3.82. The highest BCUT2D eigenvalue weighted by atomic mass is 35.5. The Morgan fingerprint density at radius 1 is 1.07 bits per heavy atom. The molecule has 8 heteroatoms. The van der Waals surface area contributed by atoms with Gasteiger partial charge in [0.1, 0.15) is 5.75 Å². The van der Waals surface area contributed by atoms with E-state index >= 15 is 0 Å². The molecule has 0 unspecified atom stereocenters. The van der Waals surface area contributed by atoms with Crippen molar-refractivity contribution < 1.29 is 14.5 Å². The first-order chi connectivity index (χ1) is 14.0. The third-order valence-corrected chi connectivity index (χ3v) is 4.07. The topological polar surface area (TPSA) is 93.8 Å². The molecule has 3 rings (SSSR count). The lowest BCUT2D eigenvalue weighted by Gasteiger charge is -2.09. The molecular formula is C21H16ClN3O4. The molecule has 3 aromatic carbocycles. The number of ether oxygens (including phenoxy) is 1. The summed E-state index contributed by atoms with van der Waals surface area (Å²) in [7, 11) is 0. The van der Waals surface area contributed by atoms with Gasteiger partial charge in [0.2, 0.25) is 0 Å². The summed E-state index contributed by atoms with van der Waals surface area (Å²) in [5.74, 6) is 0.179. The quantitative estimate of drug-likeness (QED) is 0.337. The number of carbonyl (C=O) groups is 1. The van der Waals surface area contributed by atoms with Gasteiger partial charge in [0.25, 0.3) is 11.6 Å². The number of nitro groups is 1. The van der Waals surface area contributed by atoms with Gasteiger partial charge in [0.05, 0.1) is 10.6 Å². The average Bonchev–Trinajstić information content (AvgIpc) is 2.73. The number of nitrogens with one attached hydrogen (secondary N) is 1. The van der Waals surface area contributed by atoms with Crippen LogP contribution in [0.3, 0.4) is 0 Å². The van der Waals surface area contributed by atoms with Gasteiger partial charge in [-0.2, -0.15) is 0 Å². The number of non-ortho nitro benzene ring substituents is 1. The minimum Gasteiger partial charge on any atom is -0.483 e. The summed E-state index contributed by atoms with van der Waals surface area (Å²) in [5.41, 5.74) is 1.85. The van der Waals surface area contributed by atoms with E-state index in [1.165, 1.54) is 12.1 Å². The Balaban J connectivity index is 1.63. The van der Waals surface area contributed by atoms with Crippen molar-refractivity contribution in [2.24, 2.45) is 4.99 Å². The molecule has 0 aliphatic carbocycles. The summed E-state index contributed by atoms with van der Waals surface area (Å²) in [5, 5.41) is 14.0. The van der Waals surface area contributed by atoms with Gasteiger partial charge in [-0.05, 0) is 48.5 Å². The Kier molecular flexibility index (Phi) is 6.55. The molecule has 7 nitrogen and oxygen atoms in total. The van der Waals surface area contributed by atoms with Gasteiger partial charge in [0, 0.05) is 34.6 Å². The number of amides is 1. The number of rotatable bonds is 7. The average molecular weight is 410 g/mol. The molecule has 0 bridgehead atoms. The number of nitro benzene ring substituents is 1. The van der Waals surface area contributed by atoms with E-state index in [0.717, 1.165) is 0 Å². The molecule has 0 spiro atoms. The van der Waals surface area contributed by atoms with Crippen molar-refractivity contribution in [1.82, 2.24) is 0 Å². The third kappa shape index (κ3) is 5.88. The van der Waals surface area contributed by atoms with Crippen LogP contribution in [0.15, 0.2) is 77.8 Å². The van der Waals surface area contributed by atoms with Gasteiger partial charge in [-0.1, -0.05) is 23.7 Å². The number of anilines is 1. The van der Waals surface area contributed by atoms with Gasteiger partial charge < -0.3 is 10.1 Å². The number of hydrogen-bond donors (Lipinski definition) is 1. The predicted octanol–water partition coefficient (Wildman–Crippen LogP) is 5.02.